The van der Waals surface area contributed by atoms with E-state index < -0.39 is 75.2 Å². The van der Waals surface area contributed by atoms with Crippen LogP contribution >= 0.6 is 7.82 Å². The van der Waals surface area contributed by atoms with Crippen molar-refractivity contribution < 1.29 is 59.0 Å². The highest BCUT2D eigenvalue weighted by Crippen LogP contribution is 2.47. The van der Waals surface area contributed by atoms with Crippen molar-refractivity contribution in [3.63, 3.8) is 0 Å². The Morgan fingerprint density at radius 1 is 0.708 bits per heavy atom. The lowest BCUT2D eigenvalue weighted by Crippen LogP contribution is -2.64. The molecule has 0 aliphatic heterocycles. The number of hydrogen-bond acceptors (Lipinski definition) is 11. The van der Waals surface area contributed by atoms with Crippen LogP contribution in [0.5, 0.6) is 0 Å². The summed E-state index contributed by atoms with van der Waals surface area (Å²) in [4.78, 5) is 23.0. The van der Waals surface area contributed by atoms with Gasteiger partial charge in [0, 0.05) is 0 Å². The van der Waals surface area contributed by atoms with Gasteiger partial charge in [-0.15, -0.1) is 0 Å². The van der Waals surface area contributed by atoms with E-state index in [-0.39, 0.29) is 12.8 Å². The summed E-state index contributed by atoms with van der Waals surface area (Å²) < 4.78 is 22.5. The fourth-order valence-corrected chi connectivity index (χ4v) is 6.73. The summed E-state index contributed by atoms with van der Waals surface area (Å²) in [7, 11) is -5.08. The number of phosphoric acid groups is 1. The number of rotatable bonds is 28. The Kier molecular flexibility index (Phi) is 24.3. The van der Waals surface area contributed by atoms with Gasteiger partial charge in [0.15, 0.2) is 0 Å². The fraction of sp³-hybridized carbons (Fsp3) is 0.912. The second-order valence-corrected chi connectivity index (χ2v) is 14.7. The maximum atomic E-state index is 12.7. The summed E-state index contributed by atoms with van der Waals surface area (Å²) in [6.07, 6.45) is 8.43. The third-order valence-electron chi connectivity index (χ3n) is 8.88. The molecule has 1 saturated carbocycles. The van der Waals surface area contributed by atoms with Crippen molar-refractivity contribution in [3.8, 4) is 0 Å². The highest BCUT2D eigenvalue weighted by Gasteiger charge is 2.51. The van der Waals surface area contributed by atoms with Gasteiger partial charge in [-0.1, -0.05) is 103 Å². The third-order valence-corrected chi connectivity index (χ3v) is 9.86. The first-order valence-electron chi connectivity index (χ1n) is 18.2. The molecule has 284 valence electrons. The average Bonchev–Trinajstić information content (AvgIpc) is 3.05. The van der Waals surface area contributed by atoms with Crippen LogP contribution in [0.15, 0.2) is 12.2 Å². The van der Waals surface area contributed by atoms with Crippen LogP contribution in [0.25, 0.3) is 0 Å². The number of amides is 1. The molecule has 0 aromatic carbocycles. The molecule has 1 fully saturated rings. The van der Waals surface area contributed by atoms with Crippen molar-refractivity contribution in [1.29, 1.82) is 0 Å². The van der Waals surface area contributed by atoms with Crippen LogP contribution in [0.4, 0.5) is 0 Å². The SMILES string of the molecule is CCCCCCCC/C=C\CCCCCCCC(O)CC(=O)NC(COP(=O)(O)OC1C(O)C(O)C(O)C(O)C1O)C(O)CCCCC. The normalized spacial score (nSPS) is 26.3. The third kappa shape index (κ3) is 18.9. The molecular formula is C34H66NO12P. The maximum Gasteiger partial charge on any atom is 0.472 e. The monoisotopic (exact) mass is 711 g/mol. The standard InChI is InChI=1S/C34H66NO12P/c1-3-5-7-8-9-10-11-12-13-14-15-16-17-18-20-21-25(36)23-28(38)35-26(27(37)22-19-6-4-2)24-46-48(44,45)47-34-32(42)30(40)29(39)31(41)33(34)43/h12-13,25-27,29-34,36-37,39-43H,3-11,14-24H2,1-2H3,(H,35,38)(H,44,45)/b13-12-. The topological polar surface area (TPSA) is 226 Å². The number of carbonyl (C=O) groups is 1. The molecule has 14 heteroatoms. The van der Waals surface area contributed by atoms with E-state index in [2.05, 4.69) is 24.4 Å². The summed E-state index contributed by atoms with van der Waals surface area (Å²) in [5.41, 5.74) is 0. The molecule has 1 amide bonds. The van der Waals surface area contributed by atoms with Crippen molar-refractivity contribution >= 4 is 13.7 Å². The van der Waals surface area contributed by atoms with Crippen LogP contribution in [0.3, 0.4) is 0 Å². The molecule has 1 rings (SSSR count). The quantitative estimate of drug-likeness (QED) is 0.0323. The zero-order chi connectivity index (χ0) is 36.0. The molecule has 8 atom stereocenters. The summed E-state index contributed by atoms with van der Waals surface area (Å²) in [5, 5.41) is 73.4. The Bertz CT molecular complexity index is 895. The predicted octanol–water partition coefficient (Wildman–Crippen LogP) is 3.52. The number of phosphoric ester groups is 1. The summed E-state index contributed by atoms with van der Waals surface area (Å²) >= 11 is 0. The van der Waals surface area contributed by atoms with Gasteiger partial charge in [-0.3, -0.25) is 13.8 Å². The van der Waals surface area contributed by atoms with E-state index in [1.807, 2.05) is 6.92 Å². The molecular weight excluding hydrogens is 645 g/mol. The van der Waals surface area contributed by atoms with Crippen LogP contribution in [-0.4, -0.2) is 108 Å². The Labute approximate surface area is 287 Å². The molecule has 1 aliphatic carbocycles. The summed E-state index contributed by atoms with van der Waals surface area (Å²) in [6.45, 7) is 3.52. The Morgan fingerprint density at radius 2 is 1.17 bits per heavy atom. The zero-order valence-corrected chi connectivity index (χ0v) is 30.0. The summed E-state index contributed by atoms with van der Waals surface area (Å²) in [5.74, 6) is -0.578. The Morgan fingerprint density at radius 3 is 1.73 bits per heavy atom. The molecule has 0 bridgehead atoms. The molecule has 9 N–H and O–H groups in total. The second kappa shape index (κ2) is 25.9. The van der Waals surface area contributed by atoms with E-state index in [1.54, 1.807) is 0 Å². The highest BCUT2D eigenvalue weighted by atomic mass is 31.2. The van der Waals surface area contributed by atoms with Crippen LogP contribution in [0, 0.1) is 0 Å². The number of unbranched alkanes of at least 4 members (excludes halogenated alkanes) is 13. The number of aliphatic hydroxyl groups is 7. The largest absolute Gasteiger partial charge is 0.472 e. The maximum absolute atomic E-state index is 12.7. The molecule has 0 heterocycles. The van der Waals surface area contributed by atoms with Crippen molar-refractivity contribution in [2.75, 3.05) is 6.61 Å². The Balaban J connectivity index is 2.45. The zero-order valence-electron chi connectivity index (χ0n) is 29.2. The number of aliphatic hydroxyl groups excluding tert-OH is 7. The number of nitrogens with one attached hydrogen (secondary N) is 1. The van der Waals surface area contributed by atoms with Gasteiger partial charge in [-0.05, 0) is 38.5 Å². The first-order chi connectivity index (χ1) is 22.8. The lowest BCUT2D eigenvalue weighted by Gasteiger charge is -2.41. The van der Waals surface area contributed by atoms with E-state index in [4.69, 9.17) is 9.05 Å². The van der Waals surface area contributed by atoms with Crippen molar-refractivity contribution in [2.45, 2.75) is 191 Å². The van der Waals surface area contributed by atoms with Crippen LogP contribution in [0.1, 0.15) is 136 Å². The average molecular weight is 712 g/mol. The number of hydrogen-bond donors (Lipinski definition) is 9. The van der Waals surface area contributed by atoms with Gasteiger partial charge in [0.1, 0.15) is 36.6 Å². The molecule has 0 saturated heterocycles. The van der Waals surface area contributed by atoms with Crippen LogP contribution in [-0.2, 0) is 18.4 Å². The van der Waals surface area contributed by atoms with Gasteiger partial charge in [-0.25, -0.2) is 4.57 Å². The highest BCUT2D eigenvalue weighted by molar-refractivity contribution is 7.47. The first kappa shape index (κ1) is 45.1. The first-order valence-corrected chi connectivity index (χ1v) is 19.7. The predicted molar refractivity (Wildman–Crippen MR) is 183 cm³/mol. The smallest absolute Gasteiger partial charge is 0.393 e. The molecule has 0 aromatic rings. The molecule has 0 spiro atoms. The Hall–Kier alpha value is -0.960. The van der Waals surface area contributed by atoms with E-state index in [9.17, 15) is 50.0 Å². The fourth-order valence-electron chi connectivity index (χ4n) is 5.77. The lowest BCUT2D eigenvalue weighted by molar-refractivity contribution is -0.220. The molecule has 13 nitrogen and oxygen atoms in total. The molecule has 0 radical (unpaired) electrons. The lowest BCUT2D eigenvalue weighted by atomic mass is 9.85. The van der Waals surface area contributed by atoms with Crippen molar-refractivity contribution in [3.05, 3.63) is 12.2 Å². The van der Waals surface area contributed by atoms with Gasteiger partial charge in [0.2, 0.25) is 5.91 Å². The number of carbonyl (C=O) groups excluding carboxylic acids is 1. The van der Waals surface area contributed by atoms with Gasteiger partial charge >= 0.3 is 7.82 Å². The minimum absolute atomic E-state index is 0.229. The van der Waals surface area contributed by atoms with Crippen molar-refractivity contribution in [2.24, 2.45) is 0 Å². The second-order valence-electron chi connectivity index (χ2n) is 13.3. The van der Waals surface area contributed by atoms with Gasteiger partial charge in [-0.2, -0.15) is 0 Å². The molecule has 0 aromatic heterocycles. The molecule has 1 aliphatic rings. The van der Waals surface area contributed by atoms with Gasteiger partial charge < -0.3 is 46.0 Å². The van der Waals surface area contributed by atoms with E-state index >= 15 is 0 Å². The minimum Gasteiger partial charge on any atom is -0.393 e. The van der Waals surface area contributed by atoms with Gasteiger partial charge in [0.05, 0.1) is 31.3 Å². The summed E-state index contributed by atoms with van der Waals surface area (Å²) in [6, 6.07) is -1.15. The van der Waals surface area contributed by atoms with E-state index in [0.717, 1.165) is 57.8 Å². The number of allylic oxidation sites excluding steroid dienone is 2. The minimum atomic E-state index is -5.08. The van der Waals surface area contributed by atoms with Crippen molar-refractivity contribution in [1.82, 2.24) is 5.32 Å². The molecule has 48 heavy (non-hydrogen) atoms. The van der Waals surface area contributed by atoms with E-state index in [1.165, 1.54) is 38.5 Å². The molecule has 8 unspecified atom stereocenters. The van der Waals surface area contributed by atoms with Gasteiger partial charge in [0.25, 0.3) is 0 Å². The van der Waals surface area contributed by atoms with Crippen LogP contribution < -0.4 is 5.32 Å². The van der Waals surface area contributed by atoms with Crippen LogP contribution in [0.2, 0.25) is 0 Å². The van der Waals surface area contributed by atoms with E-state index in [0.29, 0.717) is 12.8 Å².